The van der Waals surface area contributed by atoms with E-state index in [2.05, 4.69) is 25.5 Å². The summed E-state index contributed by atoms with van der Waals surface area (Å²) in [5.74, 6) is -1.24. The molecular weight excluding hydrogens is 485 g/mol. The molecule has 9 nitrogen and oxygen atoms in total. The first-order valence-electron chi connectivity index (χ1n) is 10.6. The maximum atomic E-state index is 14.9. The zero-order valence-corrected chi connectivity index (χ0v) is 20.3. The number of aryl methyl sites for hydroxylation is 1. The van der Waals surface area contributed by atoms with Crippen LogP contribution in [0.3, 0.4) is 0 Å². The van der Waals surface area contributed by atoms with Crippen LogP contribution in [-0.4, -0.2) is 50.0 Å². The number of anilines is 1. The number of rotatable bonds is 6. The monoisotopic (exact) mass is 507 g/mol. The lowest BCUT2D eigenvalue weighted by Gasteiger charge is -2.32. The van der Waals surface area contributed by atoms with Crippen molar-refractivity contribution in [3.8, 4) is 22.1 Å². The van der Waals surface area contributed by atoms with Gasteiger partial charge in [-0.15, -0.1) is 5.10 Å². The van der Waals surface area contributed by atoms with Gasteiger partial charge in [0.2, 0.25) is 5.13 Å². The molecule has 1 amide bonds. The first-order valence-corrected chi connectivity index (χ1v) is 11.7. The Hall–Kier alpha value is -2.89. The van der Waals surface area contributed by atoms with Crippen LogP contribution < -0.4 is 14.8 Å². The van der Waals surface area contributed by atoms with E-state index in [1.165, 1.54) is 19.5 Å². The highest BCUT2D eigenvalue weighted by Crippen LogP contribution is 2.37. The van der Waals surface area contributed by atoms with Crippen LogP contribution in [0.1, 0.15) is 48.7 Å². The highest BCUT2D eigenvalue weighted by molar-refractivity contribution is 7.17. The Kier molecular flexibility index (Phi) is 6.96. The van der Waals surface area contributed by atoms with Crippen LogP contribution in [0.2, 0.25) is 5.15 Å². The smallest absolute Gasteiger partial charge is 0.296 e. The lowest BCUT2D eigenvalue weighted by molar-refractivity contribution is -0.0110. The summed E-state index contributed by atoms with van der Waals surface area (Å²) in [6.45, 7) is 3.54. The molecule has 0 spiro atoms. The number of nitrogens with one attached hydrogen (secondary N) is 1. The van der Waals surface area contributed by atoms with Crippen molar-refractivity contribution in [2.24, 2.45) is 0 Å². The standard InChI is InChI=1S/C22H23ClFN5O4S/c1-11-8-13(16-15(32-3)10-26-18(23)17(16)24)14(9-25-11)19(30)27-20-28-29-21(34-20)33-12-4-6-22(2,31)7-5-12/h8-10,12,31H,4-7H2,1-3H3,(H,27,28,30). The van der Waals surface area contributed by atoms with Gasteiger partial charge in [0.15, 0.2) is 11.0 Å². The Balaban J connectivity index is 1.55. The molecule has 0 radical (unpaired) electrons. The summed E-state index contributed by atoms with van der Waals surface area (Å²) in [7, 11) is 1.37. The van der Waals surface area contributed by atoms with Gasteiger partial charge in [-0.25, -0.2) is 9.37 Å². The van der Waals surface area contributed by atoms with E-state index < -0.39 is 17.3 Å². The van der Waals surface area contributed by atoms with Gasteiger partial charge in [-0.2, -0.15) is 0 Å². The van der Waals surface area contributed by atoms with Crippen LogP contribution in [0.5, 0.6) is 10.9 Å². The number of carbonyl (C=O) groups excluding carboxylic acids is 1. The Morgan fingerprint density at radius 1 is 1.29 bits per heavy atom. The second-order valence-corrected chi connectivity index (χ2v) is 9.62. The van der Waals surface area contributed by atoms with Gasteiger partial charge in [-0.1, -0.05) is 16.7 Å². The van der Waals surface area contributed by atoms with Crippen molar-refractivity contribution in [3.63, 3.8) is 0 Å². The number of carbonyl (C=O) groups is 1. The van der Waals surface area contributed by atoms with E-state index in [1.807, 2.05) is 6.92 Å². The number of aliphatic hydroxyl groups is 1. The minimum Gasteiger partial charge on any atom is -0.494 e. The summed E-state index contributed by atoms with van der Waals surface area (Å²) in [6.07, 6.45) is 5.25. The summed E-state index contributed by atoms with van der Waals surface area (Å²) in [5, 5.41) is 20.9. The molecular formula is C22H23ClFN5O4S. The first-order chi connectivity index (χ1) is 16.2. The number of methoxy groups -OCH3 is 1. The second-order valence-electron chi connectivity index (χ2n) is 8.32. The van der Waals surface area contributed by atoms with Gasteiger partial charge < -0.3 is 14.6 Å². The molecule has 1 aliphatic carbocycles. The highest BCUT2D eigenvalue weighted by atomic mass is 35.5. The van der Waals surface area contributed by atoms with Gasteiger partial charge in [0.05, 0.1) is 30.0 Å². The predicted octanol–water partition coefficient (Wildman–Crippen LogP) is 4.43. The molecule has 3 heterocycles. The minimum atomic E-state index is -0.807. The topological polar surface area (TPSA) is 119 Å². The fourth-order valence-electron chi connectivity index (χ4n) is 3.75. The highest BCUT2D eigenvalue weighted by Gasteiger charge is 2.30. The summed E-state index contributed by atoms with van der Waals surface area (Å²) in [4.78, 5) is 21.0. The van der Waals surface area contributed by atoms with Crippen molar-refractivity contribution in [2.75, 3.05) is 12.4 Å². The number of hydrogen-bond donors (Lipinski definition) is 2. The molecule has 2 N–H and O–H groups in total. The summed E-state index contributed by atoms with van der Waals surface area (Å²) < 4.78 is 26.0. The maximum absolute atomic E-state index is 14.9. The number of hydrogen-bond acceptors (Lipinski definition) is 9. The van der Waals surface area contributed by atoms with Crippen molar-refractivity contribution < 1.29 is 23.8 Å². The van der Waals surface area contributed by atoms with E-state index >= 15 is 0 Å². The molecule has 34 heavy (non-hydrogen) atoms. The number of pyridine rings is 2. The van der Waals surface area contributed by atoms with Crippen LogP contribution in [0.4, 0.5) is 9.52 Å². The van der Waals surface area contributed by atoms with Gasteiger partial charge in [0.1, 0.15) is 11.9 Å². The molecule has 0 saturated heterocycles. The molecule has 0 unspecified atom stereocenters. The van der Waals surface area contributed by atoms with E-state index in [1.54, 1.807) is 13.0 Å². The summed E-state index contributed by atoms with van der Waals surface area (Å²) in [6, 6.07) is 1.57. The zero-order valence-electron chi connectivity index (χ0n) is 18.8. The molecule has 180 valence electrons. The SMILES string of the molecule is COc1cnc(Cl)c(F)c1-c1cc(C)ncc1C(=O)Nc1nnc(OC2CCC(C)(O)CC2)s1. The fourth-order valence-corrected chi connectivity index (χ4v) is 4.55. The molecule has 0 bridgehead atoms. The lowest BCUT2D eigenvalue weighted by atomic mass is 9.85. The Labute approximate surface area is 204 Å². The average molecular weight is 508 g/mol. The summed E-state index contributed by atoms with van der Waals surface area (Å²) in [5.41, 5.74) is 0.254. The van der Waals surface area contributed by atoms with E-state index in [0.717, 1.165) is 11.3 Å². The molecule has 1 saturated carbocycles. The third-order valence-corrected chi connectivity index (χ3v) is 6.61. The number of aromatic nitrogens is 4. The van der Waals surface area contributed by atoms with Crippen molar-refractivity contribution in [1.29, 1.82) is 0 Å². The third kappa shape index (κ3) is 5.26. The Morgan fingerprint density at radius 2 is 2.03 bits per heavy atom. The Morgan fingerprint density at radius 3 is 2.74 bits per heavy atom. The van der Waals surface area contributed by atoms with Gasteiger partial charge in [-0.3, -0.25) is 15.1 Å². The fraction of sp³-hybridized carbons (Fsp3) is 0.409. The van der Waals surface area contributed by atoms with Crippen LogP contribution >= 0.6 is 22.9 Å². The molecule has 0 aliphatic heterocycles. The average Bonchev–Trinajstić information content (AvgIpc) is 3.23. The van der Waals surface area contributed by atoms with Crippen LogP contribution in [0, 0.1) is 12.7 Å². The van der Waals surface area contributed by atoms with Crippen LogP contribution in [0.25, 0.3) is 11.1 Å². The van der Waals surface area contributed by atoms with E-state index in [9.17, 15) is 14.3 Å². The van der Waals surface area contributed by atoms with Gasteiger partial charge in [-0.05, 0) is 56.9 Å². The number of nitrogens with zero attached hydrogens (tertiary/aromatic N) is 4. The molecule has 1 aliphatic rings. The van der Waals surface area contributed by atoms with Gasteiger partial charge in [0, 0.05) is 17.5 Å². The predicted molar refractivity (Wildman–Crippen MR) is 125 cm³/mol. The van der Waals surface area contributed by atoms with Crippen molar-refractivity contribution in [3.05, 3.63) is 40.7 Å². The minimum absolute atomic E-state index is 0.00705. The molecule has 3 aromatic heterocycles. The largest absolute Gasteiger partial charge is 0.494 e. The summed E-state index contributed by atoms with van der Waals surface area (Å²) >= 11 is 6.97. The number of ether oxygens (including phenoxy) is 2. The maximum Gasteiger partial charge on any atom is 0.296 e. The zero-order chi connectivity index (χ0) is 24.5. The number of amides is 1. The third-order valence-electron chi connectivity index (χ3n) is 5.62. The molecule has 4 rings (SSSR count). The molecule has 0 aromatic carbocycles. The molecule has 0 atom stereocenters. The molecule has 3 aromatic rings. The quantitative estimate of drug-likeness (QED) is 0.470. The normalized spacial score (nSPS) is 20.1. The first kappa shape index (κ1) is 24.2. The van der Waals surface area contributed by atoms with Crippen molar-refractivity contribution in [1.82, 2.24) is 20.2 Å². The molecule has 12 heteroatoms. The van der Waals surface area contributed by atoms with Gasteiger partial charge >= 0.3 is 0 Å². The molecule has 1 fully saturated rings. The van der Waals surface area contributed by atoms with Gasteiger partial charge in [0.25, 0.3) is 11.1 Å². The van der Waals surface area contributed by atoms with Crippen LogP contribution in [0.15, 0.2) is 18.5 Å². The lowest BCUT2D eigenvalue weighted by Crippen LogP contribution is -2.34. The Bertz CT molecular complexity index is 1210. The second kappa shape index (κ2) is 9.77. The van der Waals surface area contributed by atoms with E-state index in [4.69, 9.17) is 21.1 Å². The van der Waals surface area contributed by atoms with Crippen LogP contribution in [-0.2, 0) is 0 Å². The van der Waals surface area contributed by atoms with Crippen molar-refractivity contribution in [2.45, 2.75) is 51.2 Å². The van der Waals surface area contributed by atoms with E-state index in [-0.39, 0.29) is 38.8 Å². The van der Waals surface area contributed by atoms with Crippen molar-refractivity contribution >= 4 is 34.0 Å². The number of halogens is 2. The van der Waals surface area contributed by atoms with E-state index in [0.29, 0.717) is 36.6 Å².